The molecule has 1 aliphatic rings. The van der Waals surface area contributed by atoms with Crippen molar-refractivity contribution in [3.63, 3.8) is 0 Å². The number of rotatable bonds is 2. The van der Waals surface area contributed by atoms with Gasteiger partial charge in [-0.1, -0.05) is 6.92 Å². The molecule has 1 rings (SSSR count). The Morgan fingerprint density at radius 2 is 2.27 bits per heavy atom. The minimum Gasteiger partial charge on any atom is -0.314 e. The Morgan fingerprint density at radius 3 is 2.73 bits per heavy atom. The van der Waals surface area contributed by atoms with Crippen molar-refractivity contribution < 1.29 is 0 Å². The zero-order chi connectivity index (χ0) is 8.27. The lowest BCUT2D eigenvalue weighted by Gasteiger charge is -2.38. The highest BCUT2D eigenvalue weighted by Crippen LogP contribution is 2.10. The molecule has 0 aromatic heterocycles. The number of hydrogen-bond acceptors (Lipinski definition) is 2. The van der Waals surface area contributed by atoms with Crippen LogP contribution < -0.4 is 5.32 Å². The molecule has 0 unspecified atom stereocenters. The van der Waals surface area contributed by atoms with Gasteiger partial charge in [-0.2, -0.15) is 0 Å². The maximum atomic E-state index is 3.43. The van der Waals surface area contributed by atoms with Crippen molar-refractivity contribution in [3.8, 4) is 0 Å². The second-order valence-electron chi connectivity index (χ2n) is 3.60. The van der Waals surface area contributed by atoms with Gasteiger partial charge in [-0.25, -0.2) is 0 Å². The van der Waals surface area contributed by atoms with Crippen molar-refractivity contribution in [2.24, 2.45) is 0 Å². The number of piperazine rings is 1. The van der Waals surface area contributed by atoms with Crippen LogP contribution in [0.3, 0.4) is 0 Å². The van der Waals surface area contributed by atoms with Crippen LogP contribution in [0.2, 0.25) is 0 Å². The van der Waals surface area contributed by atoms with Crippen LogP contribution in [0.1, 0.15) is 27.2 Å². The van der Waals surface area contributed by atoms with Crippen molar-refractivity contribution in [3.05, 3.63) is 0 Å². The summed E-state index contributed by atoms with van der Waals surface area (Å²) >= 11 is 0. The van der Waals surface area contributed by atoms with E-state index in [2.05, 4.69) is 31.0 Å². The van der Waals surface area contributed by atoms with Gasteiger partial charge in [0.1, 0.15) is 0 Å². The fourth-order valence-corrected chi connectivity index (χ4v) is 1.84. The van der Waals surface area contributed by atoms with Crippen molar-refractivity contribution in [2.45, 2.75) is 39.3 Å². The van der Waals surface area contributed by atoms with E-state index in [1.807, 2.05) is 0 Å². The molecule has 0 radical (unpaired) electrons. The second kappa shape index (κ2) is 4.07. The van der Waals surface area contributed by atoms with Gasteiger partial charge in [-0.05, 0) is 20.3 Å². The third kappa shape index (κ3) is 2.17. The molecule has 0 spiro atoms. The highest BCUT2D eigenvalue weighted by atomic mass is 15.2. The molecule has 1 saturated heterocycles. The lowest BCUT2D eigenvalue weighted by atomic mass is 10.1. The predicted octanol–water partition coefficient (Wildman–Crippen LogP) is 1.08. The lowest BCUT2D eigenvalue weighted by Crippen LogP contribution is -2.53. The Bertz CT molecular complexity index is 112. The minimum atomic E-state index is 0.710. The molecule has 2 heteroatoms. The Balaban J connectivity index is 2.44. The Labute approximate surface area is 70.0 Å². The SMILES string of the molecule is CC[C@@H]1CNCCN1C(C)C. The number of hydrogen-bond donors (Lipinski definition) is 1. The normalized spacial score (nSPS) is 27.8. The van der Waals surface area contributed by atoms with E-state index in [0.717, 1.165) is 12.6 Å². The van der Waals surface area contributed by atoms with Gasteiger partial charge in [-0.15, -0.1) is 0 Å². The van der Waals surface area contributed by atoms with Gasteiger partial charge in [0, 0.05) is 31.7 Å². The maximum absolute atomic E-state index is 3.43. The minimum absolute atomic E-state index is 0.710. The van der Waals surface area contributed by atoms with Crippen LogP contribution in [-0.2, 0) is 0 Å². The Kier molecular flexibility index (Phi) is 3.34. The molecule has 0 aromatic rings. The molecule has 66 valence electrons. The molecule has 0 saturated carbocycles. The molecule has 1 N–H and O–H groups in total. The first-order valence-electron chi connectivity index (χ1n) is 4.72. The first-order chi connectivity index (χ1) is 5.25. The van der Waals surface area contributed by atoms with Gasteiger partial charge in [0.25, 0.3) is 0 Å². The molecule has 1 fully saturated rings. The summed E-state index contributed by atoms with van der Waals surface area (Å²) < 4.78 is 0. The van der Waals surface area contributed by atoms with Crippen LogP contribution in [0.5, 0.6) is 0 Å². The van der Waals surface area contributed by atoms with E-state index in [1.54, 1.807) is 0 Å². The molecule has 2 nitrogen and oxygen atoms in total. The molecule has 11 heavy (non-hydrogen) atoms. The van der Waals surface area contributed by atoms with Crippen molar-refractivity contribution in [2.75, 3.05) is 19.6 Å². The highest BCUT2D eigenvalue weighted by Gasteiger charge is 2.21. The van der Waals surface area contributed by atoms with E-state index in [-0.39, 0.29) is 0 Å². The van der Waals surface area contributed by atoms with Crippen molar-refractivity contribution in [1.29, 1.82) is 0 Å². The predicted molar refractivity (Wildman–Crippen MR) is 48.8 cm³/mol. The number of nitrogens with one attached hydrogen (secondary N) is 1. The van der Waals surface area contributed by atoms with Crippen LogP contribution in [0.4, 0.5) is 0 Å². The van der Waals surface area contributed by atoms with Crippen molar-refractivity contribution in [1.82, 2.24) is 10.2 Å². The Morgan fingerprint density at radius 1 is 1.55 bits per heavy atom. The summed E-state index contributed by atoms with van der Waals surface area (Å²) in [5.74, 6) is 0. The van der Waals surface area contributed by atoms with E-state index >= 15 is 0 Å². The van der Waals surface area contributed by atoms with Gasteiger partial charge in [0.15, 0.2) is 0 Å². The molecule has 1 atom stereocenters. The average molecular weight is 156 g/mol. The van der Waals surface area contributed by atoms with E-state index in [9.17, 15) is 0 Å². The third-order valence-electron chi connectivity index (χ3n) is 2.53. The molecular formula is C9H20N2. The first-order valence-corrected chi connectivity index (χ1v) is 4.72. The van der Waals surface area contributed by atoms with E-state index in [0.29, 0.717) is 6.04 Å². The van der Waals surface area contributed by atoms with Gasteiger partial charge < -0.3 is 5.32 Å². The summed E-state index contributed by atoms with van der Waals surface area (Å²) in [7, 11) is 0. The Hall–Kier alpha value is -0.0800. The second-order valence-corrected chi connectivity index (χ2v) is 3.60. The maximum Gasteiger partial charge on any atom is 0.0221 e. The molecule has 1 aliphatic heterocycles. The molecule has 0 aliphatic carbocycles. The zero-order valence-corrected chi connectivity index (χ0v) is 7.93. The van der Waals surface area contributed by atoms with Gasteiger partial charge in [0.2, 0.25) is 0 Å². The van der Waals surface area contributed by atoms with Crippen LogP contribution in [0, 0.1) is 0 Å². The lowest BCUT2D eigenvalue weighted by molar-refractivity contribution is 0.120. The van der Waals surface area contributed by atoms with E-state index in [4.69, 9.17) is 0 Å². The summed E-state index contributed by atoms with van der Waals surface area (Å²) in [6.07, 6.45) is 1.27. The van der Waals surface area contributed by atoms with Crippen LogP contribution in [0.25, 0.3) is 0 Å². The van der Waals surface area contributed by atoms with Crippen molar-refractivity contribution >= 4 is 0 Å². The molecule has 0 aromatic carbocycles. The summed E-state index contributed by atoms with van der Waals surface area (Å²) in [5.41, 5.74) is 0. The quantitative estimate of drug-likeness (QED) is 0.643. The summed E-state index contributed by atoms with van der Waals surface area (Å²) in [4.78, 5) is 2.59. The van der Waals surface area contributed by atoms with E-state index in [1.165, 1.54) is 19.5 Å². The largest absolute Gasteiger partial charge is 0.314 e. The fraction of sp³-hybridized carbons (Fsp3) is 1.00. The monoisotopic (exact) mass is 156 g/mol. The van der Waals surface area contributed by atoms with Crippen LogP contribution in [0.15, 0.2) is 0 Å². The smallest absolute Gasteiger partial charge is 0.0221 e. The molecule has 1 heterocycles. The summed E-state index contributed by atoms with van der Waals surface area (Å²) in [6.45, 7) is 10.4. The summed E-state index contributed by atoms with van der Waals surface area (Å²) in [5, 5.41) is 3.43. The first kappa shape index (κ1) is 9.01. The van der Waals surface area contributed by atoms with E-state index < -0.39 is 0 Å². The standard InChI is InChI=1S/C9H20N2/c1-4-9-7-10-5-6-11(9)8(2)3/h8-10H,4-7H2,1-3H3/t9-/m1/s1. The molecule has 0 bridgehead atoms. The van der Waals surface area contributed by atoms with Crippen LogP contribution >= 0.6 is 0 Å². The third-order valence-corrected chi connectivity index (χ3v) is 2.53. The van der Waals surface area contributed by atoms with Gasteiger partial charge >= 0.3 is 0 Å². The highest BCUT2D eigenvalue weighted by molar-refractivity contribution is 4.80. The van der Waals surface area contributed by atoms with Gasteiger partial charge in [-0.3, -0.25) is 4.90 Å². The zero-order valence-electron chi connectivity index (χ0n) is 7.93. The number of nitrogens with zero attached hydrogens (tertiary/aromatic N) is 1. The topological polar surface area (TPSA) is 15.3 Å². The summed E-state index contributed by atoms with van der Waals surface area (Å²) in [6, 6.07) is 1.48. The average Bonchev–Trinajstić information content (AvgIpc) is 2.04. The molecule has 0 amide bonds. The van der Waals surface area contributed by atoms with Gasteiger partial charge in [0.05, 0.1) is 0 Å². The van der Waals surface area contributed by atoms with Crippen LogP contribution in [-0.4, -0.2) is 36.6 Å². The fourth-order valence-electron chi connectivity index (χ4n) is 1.84. The molecular weight excluding hydrogens is 136 g/mol.